The van der Waals surface area contributed by atoms with Gasteiger partial charge < -0.3 is 25.2 Å². The van der Waals surface area contributed by atoms with Crippen molar-refractivity contribution in [1.82, 2.24) is 0 Å². The first kappa shape index (κ1) is 18.8. The van der Waals surface area contributed by atoms with Crippen LogP contribution in [0.15, 0.2) is 0 Å². The van der Waals surface area contributed by atoms with Crippen molar-refractivity contribution in [2.45, 2.75) is 65.0 Å². The van der Waals surface area contributed by atoms with Crippen molar-refractivity contribution in [3.63, 3.8) is 0 Å². The molecule has 0 fully saturated rings. The van der Waals surface area contributed by atoms with Gasteiger partial charge in [-0.2, -0.15) is 0 Å². The lowest BCUT2D eigenvalue weighted by Gasteiger charge is -2.27. The average Bonchev–Trinajstić information content (AvgIpc) is 2.41. The molecule has 0 aromatic rings. The van der Waals surface area contributed by atoms with Crippen LogP contribution in [0.4, 0.5) is 0 Å². The van der Waals surface area contributed by atoms with E-state index >= 15 is 0 Å². The molecule has 0 saturated heterocycles. The molecule has 0 spiro atoms. The lowest BCUT2D eigenvalue weighted by Crippen LogP contribution is -2.32. The summed E-state index contributed by atoms with van der Waals surface area (Å²) in [6, 6.07) is 0. The SMILES string of the molecule is CCCCC(CO)OC(O)CC(C)C(C)C(O)CO. The van der Waals surface area contributed by atoms with Gasteiger partial charge in [-0.25, -0.2) is 0 Å². The summed E-state index contributed by atoms with van der Waals surface area (Å²) < 4.78 is 5.40. The van der Waals surface area contributed by atoms with Gasteiger partial charge in [0.25, 0.3) is 0 Å². The van der Waals surface area contributed by atoms with E-state index in [9.17, 15) is 10.2 Å². The zero-order chi connectivity index (χ0) is 14.8. The smallest absolute Gasteiger partial charge is 0.155 e. The highest BCUT2D eigenvalue weighted by molar-refractivity contribution is 4.71. The van der Waals surface area contributed by atoms with Crippen LogP contribution in [0.3, 0.4) is 0 Å². The molecule has 0 saturated carbocycles. The van der Waals surface area contributed by atoms with Gasteiger partial charge in [0.15, 0.2) is 6.29 Å². The van der Waals surface area contributed by atoms with Crippen molar-refractivity contribution in [3.05, 3.63) is 0 Å². The maximum atomic E-state index is 9.85. The number of hydrogen-bond donors (Lipinski definition) is 4. The summed E-state index contributed by atoms with van der Waals surface area (Å²) >= 11 is 0. The Kier molecular flexibility index (Phi) is 10.5. The van der Waals surface area contributed by atoms with Crippen molar-refractivity contribution >= 4 is 0 Å². The molecular weight excluding hydrogens is 248 g/mol. The molecule has 5 nitrogen and oxygen atoms in total. The van der Waals surface area contributed by atoms with Crippen LogP contribution in [0.1, 0.15) is 46.5 Å². The Labute approximate surface area is 116 Å². The van der Waals surface area contributed by atoms with Crippen LogP contribution in [0.5, 0.6) is 0 Å². The van der Waals surface area contributed by atoms with Gasteiger partial charge in [0, 0.05) is 6.42 Å². The molecule has 0 heterocycles. The summed E-state index contributed by atoms with van der Waals surface area (Å²) in [5.41, 5.74) is 0. The van der Waals surface area contributed by atoms with Gasteiger partial charge in [0.1, 0.15) is 0 Å². The van der Waals surface area contributed by atoms with Crippen LogP contribution in [-0.2, 0) is 4.74 Å². The maximum absolute atomic E-state index is 9.85. The third-order valence-corrected chi connectivity index (χ3v) is 3.70. The van der Waals surface area contributed by atoms with Crippen LogP contribution in [0.2, 0.25) is 0 Å². The second kappa shape index (κ2) is 10.6. The molecule has 5 unspecified atom stereocenters. The molecule has 19 heavy (non-hydrogen) atoms. The van der Waals surface area contributed by atoms with Gasteiger partial charge in [-0.05, 0) is 18.3 Å². The van der Waals surface area contributed by atoms with Gasteiger partial charge in [-0.1, -0.05) is 33.6 Å². The number of unbranched alkanes of at least 4 members (excludes halogenated alkanes) is 1. The summed E-state index contributed by atoms with van der Waals surface area (Å²) in [7, 11) is 0. The fourth-order valence-corrected chi connectivity index (χ4v) is 1.99. The van der Waals surface area contributed by atoms with Crippen LogP contribution >= 0.6 is 0 Å². The number of aliphatic hydroxyl groups excluding tert-OH is 4. The molecule has 0 rings (SSSR count). The minimum Gasteiger partial charge on any atom is -0.394 e. The zero-order valence-corrected chi connectivity index (χ0v) is 12.3. The Balaban J connectivity index is 4.09. The van der Waals surface area contributed by atoms with Crippen molar-refractivity contribution in [2.75, 3.05) is 13.2 Å². The molecule has 0 bridgehead atoms. The Morgan fingerprint density at radius 2 is 1.68 bits per heavy atom. The molecule has 0 aromatic carbocycles. The van der Waals surface area contributed by atoms with Crippen LogP contribution in [-0.4, -0.2) is 52.1 Å². The van der Waals surface area contributed by atoms with Crippen molar-refractivity contribution in [2.24, 2.45) is 11.8 Å². The predicted octanol–water partition coefficient (Wildman–Crippen LogP) is 0.888. The summed E-state index contributed by atoms with van der Waals surface area (Å²) in [5, 5.41) is 37.4. The Hall–Kier alpha value is -0.200. The summed E-state index contributed by atoms with van der Waals surface area (Å²) in [6.07, 6.45) is 1.02. The molecule has 5 atom stereocenters. The van der Waals surface area contributed by atoms with E-state index in [0.29, 0.717) is 6.42 Å². The first-order valence-electron chi connectivity index (χ1n) is 7.19. The topological polar surface area (TPSA) is 90.2 Å². The number of hydrogen-bond acceptors (Lipinski definition) is 5. The minimum absolute atomic E-state index is 0.0164. The summed E-state index contributed by atoms with van der Waals surface area (Å²) in [6.45, 7) is 5.42. The van der Waals surface area contributed by atoms with Crippen LogP contribution in [0.25, 0.3) is 0 Å². The number of rotatable bonds is 11. The van der Waals surface area contributed by atoms with Gasteiger partial charge in [0.2, 0.25) is 0 Å². The van der Waals surface area contributed by atoms with Crippen LogP contribution in [0, 0.1) is 11.8 Å². The highest BCUT2D eigenvalue weighted by Gasteiger charge is 2.24. The molecule has 0 aliphatic carbocycles. The van der Waals surface area contributed by atoms with E-state index in [1.54, 1.807) is 0 Å². The molecular formula is C14H30O5. The first-order valence-corrected chi connectivity index (χ1v) is 7.19. The van der Waals surface area contributed by atoms with E-state index < -0.39 is 12.4 Å². The van der Waals surface area contributed by atoms with Crippen molar-refractivity contribution in [3.8, 4) is 0 Å². The zero-order valence-electron chi connectivity index (χ0n) is 12.3. The summed E-state index contributed by atoms with van der Waals surface area (Å²) in [4.78, 5) is 0. The van der Waals surface area contributed by atoms with Crippen LogP contribution < -0.4 is 0 Å². The molecule has 0 aromatic heterocycles. The van der Waals surface area contributed by atoms with E-state index in [4.69, 9.17) is 14.9 Å². The van der Waals surface area contributed by atoms with E-state index in [2.05, 4.69) is 6.92 Å². The molecule has 0 aliphatic heterocycles. The van der Waals surface area contributed by atoms with E-state index in [0.717, 1.165) is 19.3 Å². The fourth-order valence-electron chi connectivity index (χ4n) is 1.99. The standard InChI is InChI=1S/C14H30O5/c1-4-5-6-12(8-15)19-14(18)7-10(2)11(3)13(17)9-16/h10-18H,4-9H2,1-3H3. The monoisotopic (exact) mass is 278 g/mol. The average molecular weight is 278 g/mol. The maximum Gasteiger partial charge on any atom is 0.155 e. The lowest BCUT2D eigenvalue weighted by molar-refractivity contribution is -0.160. The van der Waals surface area contributed by atoms with Gasteiger partial charge in [-0.15, -0.1) is 0 Å². The quantitative estimate of drug-likeness (QED) is 0.421. The van der Waals surface area contributed by atoms with E-state index in [1.165, 1.54) is 0 Å². The van der Waals surface area contributed by atoms with E-state index in [-0.39, 0.29) is 31.2 Å². The molecule has 116 valence electrons. The van der Waals surface area contributed by atoms with Crippen molar-refractivity contribution in [1.29, 1.82) is 0 Å². The number of aliphatic hydroxyl groups is 4. The largest absolute Gasteiger partial charge is 0.394 e. The highest BCUT2D eigenvalue weighted by Crippen LogP contribution is 2.21. The normalized spacial score (nSPS) is 19.7. The Bertz CT molecular complexity index is 212. The third kappa shape index (κ3) is 7.84. The van der Waals surface area contributed by atoms with Gasteiger partial charge >= 0.3 is 0 Å². The van der Waals surface area contributed by atoms with E-state index in [1.807, 2.05) is 13.8 Å². The fraction of sp³-hybridized carbons (Fsp3) is 1.00. The third-order valence-electron chi connectivity index (χ3n) is 3.70. The number of ether oxygens (including phenoxy) is 1. The highest BCUT2D eigenvalue weighted by atomic mass is 16.6. The second-order valence-electron chi connectivity index (χ2n) is 5.36. The molecule has 4 N–H and O–H groups in total. The lowest BCUT2D eigenvalue weighted by atomic mass is 9.88. The predicted molar refractivity (Wildman–Crippen MR) is 73.5 cm³/mol. The molecule has 0 amide bonds. The minimum atomic E-state index is -0.947. The molecule has 0 radical (unpaired) electrons. The first-order chi connectivity index (χ1) is 8.96. The Morgan fingerprint density at radius 3 is 2.16 bits per heavy atom. The van der Waals surface area contributed by atoms with Gasteiger partial charge in [0.05, 0.1) is 25.4 Å². The second-order valence-corrected chi connectivity index (χ2v) is 5.36. The van der Waals surface area contributed by atoms with Crippen molar-refractivity contribution < 1.29 is 25.2 Å². The summed E-state index contributed by atoms with van der Waals surface area (Å²) in [5.74, 6) is -0.103. The Morgan fingerprint density at radius 1 is 1.05 bits per heavy atom. The van der Waals surface area contributed by atoms with Gasteiger partial charge in [-0.3, -0.25) is 0 Å². The molecule has 5 heteroatoms. The molecule has 0 aliphatic rings.